The van der Waals surface area contributed by atoms with Gasteiger partial charge in [0, 0.05) is 33.3 Å². The minimum Gasteiger partial charge on any atom is -0.358 e. The van der Waals surface area contributed by atoms with Crippen molar-refractivity contribution in [3.8, 4) is 11.3 Å². The Morgan fingerprint density at radius 1 is 0.694 bits per heavy atom. The van der Waals surface area contributed by atoms with Gasteiger partial charge in [-0.05, 0) is 30.2 Å². The molecule has 0 radical (unpaired) electrons. The zero-order chi connectivity index (χ0) is 24.5. The molecule has 0 spiro atoms. The average Bonchev–Trinajstić information content (AvgIpc) is 3.50. The van der Waals surface area contributed by atoms with E-state index in [0.717, 1.165) is 55.8 Å². The lowest BCUT2D eigenvalue weighted by Gasteiger charge is -2.09. The normalized spacial score (nSPS) is 14.2. The standard InChI is InChI=1S/C32H24BFN2/c1-22-16-18-25(19-17-22)32-27-15-9-8-14-26(27)31(36(32)33-34)21-30-28(23-10-4-2-5-11-23)20-29(35-30)24-12-6-3-7-13-24/h2-21,33H,1H3/b30-21-. The number of allylic oxidation sites excluding steroid dienone is 2. The van der Waals surface area contributed by atoms with E-state index in [9.17, 15) is 4.32 Å². The molecule has 0 saturated heterocycles. The van der Waals surface area contributed by atoms with Gasteiger partial charge in [-0.2, -0.15) is 0 Å². The number of aryl methyl sites for hydroxylation is 1. The maximum atomic E-state index is 14.8. The molecule has 0 fully saturated rings. The Kier molecular flexibility index (Phi) is 5.70. The second-order valence-electron chi connectivity index (χ2n) is 9.01. The van der Waals surface area contributed by atoms with Crippen LogP contribution >= 0.6 is 0 Å². The summed E-state index contributed by atoms with van der Waals surface area (Å²) in [6.07, 6.45) is 4.16. The number of nitrogens with zero attached hydrogens (tertiary/aromatic N) is 2. The van der Waals surface area contributed by atoms with E-state index in [1.807, 2.05) is 54.6 Å². The summed E-state index contributed by atoms with van der Waals surface area (Å²) in [5.41, 5.74) is 8.78. The third kappa shape index (κ3) is 3.91. The van der Waals surface area contributed by atoms with Gasteiger partial charge < -0.3 is 8.79 Å². The molecule has 5 aromatic rings. The number of fused-ring (bicyclic) bond motifs is 1. The molecule has 0 amide bonds. The van der Waals surface area contributed by atoms with Crippen LogP contribution in [0, 0.1) is 6.92 Å². The number of aromatic nitrogens is 1. The van der Waals surface area contributed by atoms with Crippen molar-refractivity contribution in [1.82, 2.24) is 4.48 Å². The molecule has 36 heavy (non-hydrogen) atoms. The van der Waals surface area contributed by atoms with Gasteiger partial charge in [0.15, 0.2) is 0 Å². The second-order valence-corrected chi connectivity index (χ2v) is 9.01. The van der Waals surface area contributed by atoms with Gasteiger partial charge >= 0.3 is 7.69 Å². The summed E-state index contributed by atoms with van der Waals surface area (Å²) >= 11 is 0. The first kappa shape index (κ1) is 22.1. The third-order valence-electron chi connectivity index (χ3n) is 6.69. The first-order valence-corrected chi connectivity index (χ1v) is 12.1. The highest BCUT2D eigenvalue weighted by atomic mass is 19.1. The highest BCUT2D eigenvalue weighted by Gasteiger charge is 2.21. The van der Waals surface area contributed by atoms with Crippen LogP contribution in [0.15, 0.2) is 126 Å². The van der Waals surface area contributed by atoms with E-state index >= 15 is 0 Å². The Labute approximate surface area is 211 Å². The summed E-state index contributed by atoms with van der Waals surface area (Å²) < 4.78 is 16.5. The molecule has 4 aromatic carbocycles. The Morgan fingerprint density at radius 2 is 1.31 bits per heavy atom. The van der Waals surface area contributed by atoms with Crippen LogP contribution in [0.25, 0.3) is 33.7 Å². The molecule has 2 nitrogen and oxygen atoms in total. The van der Waals surface area contributed by atoms with E-state index in [4.69, 9.17) is 4.99 Å². The summed E-state index contributed by atoms with van der Waals surface area (Å²) in [6.45, 7) is 2.06. The van der Waals surface area contributed by atoms with E-state index in [1.54, 1.807) is 4.48 Å². The Bertz CT molecular complexity index is 1640. The van der Waals surface area contributed by atoms with Crippen molar-refractivity contribution < 1.29 is 4.32 Å². The van der Waals surface area contributed by atoms with Gasteiger partial charge in [0.05, 0.1) is 11.4 Å². The highest BCUT2D eigenvalue weighted by Crippen LogP contribution is 2.38. The van der Waals surface area contributed by atoms with Gasteiger partial charge in [0.1, 0.15) is 0 Å². The number of halogens is 1. The monoisotopic (exact) mass is 466 g/mol. The molecule has 1 aromatic heterocycles. The van der Waals surface area contributed by atoms with Crippen molar-refractivity contribution in [3.63, 3.8) is 0 Å². The predicted molar refractivity (Wildman–Crippen MR) is 151 cm³/mol. The summed E-state index contributed by atoms with van der Waals surface area (Å²) in [6, 6.07) is 36.9. The van der Waals surface area contributed by atoms with Gasteiger partial charge in [0.25, 0.3) is 0 Å². The molecule has 0 atom stereocenters. The van der Waals surface area contributed by atoms with E-state index in [1.165, 1.54) is 5.56 Å². The maximum Gasteiger partial charge on any atom is 0.449 e. The molecule has 4 heteroatoms. The fourth-order valence-corrected chi connectivity index (χ4v) is 4.90. The average molecular weight is 466 g/mol. The van der Waals surface area contributed by atoms with Crippen molar-refractivity contribution in [2.45, 2.75) is 6.92 Å². The van der Waals surface area contributed by atoms with Crippen LogP contribution in [0.4, 0.5) is 4.32 Å². The van der Waals surface area contributed by atoms with Crippen LogP contribution in [0.2, 0.25) is 0 Å². The lowest BCUT2D eigenvalue weighted by Crippen LogP contribution is -2.05. The van der Waals surface area contributed by atoms with Crippen LogP contribution < -0.4 is 0 Å². The summed E-state index contributed by atoms with van der Waals surface area (Å²) in [7, 11) is -0.628. The van der Waals surface area contributed by atoms with Gasteiger partial charge in [-0.15, -0.1) is 0 Å². The first-order chi connectivity index (χ1) is 17.7. The zero-order valence-electron chi connectivity index (χ0n) is 20.0. The molecule has 0 aliphatic carbocycles. The Hall–Kier alpha value is -4.44. The molecule has 0 N–H and O–H groups in total. The smallest absolute Gasteiger partial charge is 0.358 e. The molecular weight excluding hydrogens is 442 g/mol. The van der Waals surface area contributed by atoms with Crippen LogP contribution in [0.3, 0.4) is 0 Å². The topological polar surface area (TPSA) is 17.3 Å². The van der Waals surface area contributed by atoms with Crippen LogP contribution in [0.5, 0.6) is 0 Å². The maximum absolute atomic E-state index is 14.8. The molecule has 2 heterocycles. The van der Waals surface area contributed by atoms with E-state index in [2.05, 4.69) is 73.7 Å². The third-order valence-corrected chi connectivity index (χ3v) is 6.69. The Balaban J connectivity index is 1.58. The number of rotatable bonds is 5. The summed E-state index contributed by atoms with van der Waals surface area (Å²) in [5.74, 6) is 0. The van der Waals surface area contributed by atoms with Gasteiger partial charge in [0.2, 0.25) is 0 Å². The van der Waals surface area contributed by atoms with Gasteiger partial charge in [-0.25, -0.2) is 4.99 Å². The van der Waals surface area contributed by atoms with Crippen molar-refractivity contribution in [2.75, 3.05) is 0 Å². The van der Waals surface area contributed by atoms with Gasteiger partial charge in [-0.1, -0.05) is 115 Å². The minimum atomic E-state index is -0.628. The molecule has 1 aliphatic rings. The lowest BCUT2D eigenvalue weighted by molar-refractivity contribution is 0.835. The van der Waals surface area contributed by atoms with Crippen LogP contribution in [0.1, 0.15) is 22.4 Å². The SMILES string of the molecule is Cc1ccc(-c2c3ccccc3c(/C=C3\N=C(c4ccccc4)C=C3c3ccccc3)n2BF)cc1. The van der Waals surface area contributed by atoms with Crippen molar-refractivity contribution >= 4 is 35.8 Å². The molecule has 0 bridgehead atoms. The van der Waals surface area contributed by atoms with Crippen molar-refractivity contribution in [1.29, 1.82) is 0 Å². The van der Waals surface area contributed by atoms with Crippen LogP contribution in [-0.4, -0.2) is 17.9 Å². The number of benzene rings is 4. The largest absolute Gasteiger partial charge is 0.449 e. The summed E-state index contributed by atoms with van der Waals surface area (Å²) in [4.78, 5) is 5.04. The fourth-order valence-electron chi connectivity index (χ4n) is 4.90. The number of hydrogen-bond donors (Lipinski definition) is 0. The van der Waals surface area contributed by atoms with E-state index in [0.29, 0.717) is 0 Å². The van der Waals surface area contributed by atoms with E-state index in [-0.39, 0.29) is 0 Å². The lowest BCUT2D eigenvalue weighted by atomic mass is 10.0. The van der Waals surface area contributed by atoms with Crippen molar-refractivity contribution in [2.24, 2.45) is 4.99 Å². The molecule has 6 rings (SSSR count). The predicted octanol–water partition coefficient (Wildman–Crippen LogP) is 7.63. The fraction of sp³-hybridized carbons (Fsp3) is 0.0312. The second kappa shape index (κ2) is 9.31. The van der Waals surface area contributed by atoms with Crippen LogP contribution in [-0.2, 0) is 0 Å². The zero-order valence-corrected chi connectivity index (χ0v) is 20.0. The molecule has 0 unspecified atom stereocenters. The minimum absolute atomic E-state index is 0.628. The number of hydrogen-bond acceptors (Lipinski definition) is 1. The highest BCUT2D eigenvalue weighted by molar-refractivity contribution is 6.29. The summed E-state index contributed by atoms with van der Waals surface area (Å²) in [5, 5.41) is 2.04. The Morgan fingerprint density at radius 3 is 1.97 bits per heavy atom. The van der Waals surface area contributed by atoms with Crippen molar-refractivity contribution in [3.05, 3.63) is 143 Å². The molecular formula is C32H24BFN2. The molecule has 1 aliphatic heterocycles. The quantitative estimate of drug-likeness (QED) is 0.237. The first-order valence-electron chi connectivity index (χ1n) is 12.1. The molecule has 172 valence electrons. The molecule has 0 saturated carbocycles. The van der Waals surface area contributed by atoms with Gasteiger partial charge in [-0.3, -0.25) is 0 Å². The number of aliphatic imine (C=N–C) groups is 1. The van der Waals surface area contributed by atoms with E-state index < -0.39 is 7.69 Å².